The first kappa shape index (κ1) is 24.0. The van der Waals surface area contributed by atoms with Crippen LogP contribution in [0.4, 0.5) is 0 Å². The van der Waals surface area contributed by atoms with Crippen LogP contribution >= 0.6 is 0 Å². The molecule has 0 rings (SSSR count). The van der Waals surface area contributed by atoms with E-state index in [1.165, 1.54) is 0 Å². The normalized spacial score (nSPS) is 17.4. The van der Waals surface area contributed by atoms with Crippen molar-refractivity contribution in [1.29, 1.82) is 0 Å². The van der Waals surface area contributed by atoms with E-state index in [0.717, 1.165) is 25.6 Å². The van der Waals surface area contributed by atoms with Crippen LogP contribution in [-0.4, -0.2) is 66.2 Å². The minimum Gasteiger partial charge on any atom is -0.398 e. The molecule has 0 aromatic heterocycles. The molecule has 2 atom stereocenters. The Morgan fingerprint density at radius 3 is 2.04 bits per heavy atom. The van der Waals surface area contributed by atoms with Gasteiger partial charge in [0.2, 0.25) is 8.32 Å². The molecule has 24 heavy (non-hydrogen) atoms. The Morgan fingerprint density at radius 1 is 1.12 bits per heavy atom. The summed E-state index contributed by atoms with van der Waals surface area (Å²) in [6.07, 6.45) is 0.917. The van der Waals surface area contributed by atoms with Crippen LogP contribution in [0.3, 0.4) is 0 Å². The zero-order chi connectivity index (χ0) is 19.2. The van der Waals surface area contributed by atoms with E-state index in [1.54, 1.807) is 0 Å². The highest BCUT2D eigenvalue weighted by Gasteiger charge is 2.45. The van der Waals surface area contributed by atoms with Crippen molar-refractivity contribution in [3.63, 3.8) is 0 Å². The van der Waals surface area contributed by atoms with Crippen LogP contribution in [0.5, 0.6) is 0 Å². The van der Waals surface area contributed by atoms with Gasteiger partial charge in [0.15, 0.2) is 0 Å². The minimum atomic E-state index is -2.20. The van der Waals surface area contributed by atoms with Crippen molar-refractivity contribution in [2.24, 2.45) is 11.5 Å². The van der Waals surface area contributed by atoms with Gasteiger partial charge >= 0.3 is 0 Å². The van der Waals surface area contributed by atoms with Gasteiger partial charge in [-0.25, -0.2) is 0 Å². The third kappa shape index (κ3) is 8.89. The summed E-state index contributed by atoms with van der Waals surface area (Å²) in [4.78, 5) is 2.32. The van der Waals surface area contributed by atoms with Crippen molar-refractivity contribution in [2.45, 2.75) is 90.0 Å². The fourth-order valence-electron chi connectivity index (χ4n) is 2.74. The SMILES string of the molecule is CC(C)N(CCC[Si](C)(OC(C)(C)N)C(C)(C)N)CCC(O)CO. The number of hydrogen-bond acceptors (Lipinski definition) is 6. The molecule has 0 aromatic rings. The summed E-state index contributed by atoms with van der Waals surface area (Å²) in [7, 11) is -2.20. The Kier molecular flexibility index (Phi) is 9.60. The maximum absolute atomic E-state index is 9.56. The zero-order valence-electron chi connectivity index (χ0n) is 16.8. The van der Waals surface area contributed by atoms with Crippen LogP contribution in [0, 0.1) is 0 Å². The molecule has 0 saturated heterocycles. The minimum absolute atomic E-state index is 0.183. The zero-order valence-corrected chi connectivity index (χ0v) is 17.8. The Bertz CT molecular complexity index is 356. The van der Waals surface area contributed by atoms with Crippen LogP contribution in [0.2, 0.25) is 12.6 Å². The quantitative estimate of drug-likeness (QED) is 0.308. The molecule has 0 fully saturated rings. The van der Waals surface area contributed by atoms with Gasteiger partial charge in [-0.15, -0.1) is 0 Å². The second-order valence-corrected chi connectivity index (χ2v) is 13.0. The third-order valence-corrected chi connectivity index (χ3v) is 9.65. The van der Waals surface area contributed by atoms with Gasteiger partial charge < -0.3 is 31.0 Å². The lowest BCUT2D eigenvalue weighted by Gasteiger charge is -2.44. The molecule has 0 saturated carbocycles. The smallest absolute Gasteiger partial charge is 0.211 e. The molecule has 0 radical (unpaired) electrons. The van der Waals surface area contributed by atoms with Gasteiger partial charge in [0, 0.05) is 17.7 Å². The Balaban J connectivity index is 4.72. The number of aliphatic hydroxyl groups is 2. The van der Waals surface area contributed by atoms with Gasteiger partial charge in [-0.05, 0) is 73.5 Å². The van der Waals surface area contributed by atoms with Crippen molar-refractivity contribution in [3.8, 4) is 0 Å². The van der Waals surface area contributed by atoms with Crippen molar-refractivity contribution in [2.75, 3.05) is 19.7 Å². The standard InChI is InChI=1S/C17H41N3O3Si/c1-14(2)20(11-9-15(22)13-21)10-8-12-24(7,17(5,6)19)23-16(3,4)18/h14-15,21-22H,8-13,18-19H2,1-7H3. The molecule has 0 aliphatic carbocycles. The maximum atomic E-state index is 9.56. The molecule has 0 aromatic carbocycles. The fraction of sp³-hybridized carbons (Fsp3) is 1.00. The summed E-state index contributed by atoms with van der Waals surface area (Å²) in [6.45, 7) is 15.8. The van der Waals surface area contributed by atoms with Crippen LogP contribution in [-0.2, 0) is 4.43 Å². The van der Waals surface area contributed by atoms with E-state index in [9.17, 15) is 5.11 Å². The molecular weight excluding hydrogens is 322 g/mol. The molecule has 6 N–H and O–H groups in total. The first-order valence-corrected chi connectivity index (χ1v) is 11.6. The molecule has 7 heteroatoms. The number of nitrogens with zero attached hydrogens (tertiary/aromatic N) is 1. The second kappa shape index (κ2) is 9.61. The summed E-state index contributed by atoms with van der Waals surface area (Å²) in [5.74, 6) is 0. The lowest BCUT2D eigenvalue weighted by molar-refractivity contribution is 0.0723. The first-order chi connectivity index (χ1) is 10.7. The fourth-order valence-corrected chi connectivity index (χ4v) is 5.74. The average molecular weight is 364 g/mol. The van der Waals surface area contributed by atoms with Crippen LogP contribution < -0.4 is 11.5 Å². The topological polar surface area (TPSA) is 105 Å². The van der Waals surface area contributed by atoms with E-state index in [2.05, 4.69) is 25.3 Å². The van der Waals surface area contributed by atoms with Gasteiger partial charge in [0.05, 0.1) is 18.4 Å². The van der Waals surface area contributed by atoms with E-state index in [1.807, 2.05) is 27.7 Å². The predicted octanol–water partition coefficient (Wildman–Crippen LogP) is 1.39. The predicted molar refractivity (Wildman–Crippen MR) is 103 cm³/mol. The molecule has 0 spiro atoms. The van der Waals surface area contributed by atoms with E-state index in [-0.39, 0.29) is 11.8 Å². The van der Waals surface area contributed by atoms with Crippen molar-refractivity contribution < 1.29 is 14.6 Å². The highest BCUT2D eigenvalue weighted by Crippen LogP contribution is 2.28. The monoisotopic (exact) mass is 363 g/mol. The third-order valence-electron chi connectivity index (χ3n) is 4.64. The number of hydrogen-bond donors (Lipinski definition) is 4. The molecule has 146 valence electrons. The summed E-state index contributed by atoms with van der Waals surface area (Å²) in [5, 5.41) is 18.1. The largest absolute Gasteiger partial charge is 0.398 e. The average Bonchev–Trinajstić information content (AvgIpc) is 2.38. The van der Waals surface area contributed by atoms with E-state index >= 15 is 0 Å². The van der Waals surface area contributed by atoms with Gasteiger partial charge in [-0.1, -0.05) is 0 Å². The van der Waals surface area contributed by atoms with Crippen LogP contribution in [0.25, 0.3) is 0 Å². The molecule has 0 heterocycles. The summed E-state index contributed by atoms with van der Waals surface area (Å²) >= 11 is 0. The van der Waals surface area contributed by atoms with Crippen molar-refractivity contribution >= 4 is 8.32 Å². The molecule has 0 aliphatic rings. The number of aliphatic hydroxyl groups excluding tert-OH is 2. The Hall–Kier alpha value is -0.0231. The van der Waals surface area contributed by atoms with E-state index in [0.29, 0.717) is 12.5 Å². The molecule has 2 unspecified atom stereocenters. The van der Waals surface area contributed by atoms with Crippen LogP contribution in [0.15, 0.2) is 0 Å². The highest BCUT2D eigenvalue weighted by molar-refractivity contribution is 6.75. The second-order valence-electron chi connectivity index (χ2n) is 8.52. The van der Waals surface area contributed by atoms with Crippen molar-refractivity contribution in [3.05, 3.63) is 0 Å². The lowest BCUT2D eigenvalue weighted by Crippen LogP contribution is -2.64. The van der Waals surface area contributed by atoms with Gasteiger partial charge in [0.1, 0.15) is 0 Å². The molecular formula is C17H41N3O3Si. The van der Waals surface area contributed by atoms with E-state index in [4.69, 9.17) is 21.0 Å². The van der Waals surface area contributed by atoms with Crippen molar-refractivity contribution in [1.82, 2.24) is 4.90 Å². The first-order valence-electron chi connectivity index (χ1n) is 9.03. The van der Waals surface area contributed by atoms with Crippen LogP contribution in [0.1, 0.15) is 54.4 Å². The van der Waals surface area contributed by atoms with Gasteiger partial charge in [-0.2, -0.15) is 0 Å². The Labute approximate surface area is 149 Å². The summed E-state index contributed by atoms with van der Waals surface area (Å²) < 4.78 is 6.25. The summed E-state index contributed by atoms with van der Waals surface area (Å²) in [5.41, 5.74) is 11.8. The highest BCUT2D eigenvalue weighted by atomic mass is 28.4. The van der Waals surface area contributed by atoms with Gasteiger partial charge in [0.25, 0.3) is 0 Å². The number of nitrogens with two attached hydrogens (primary N) is 2. The van der Waals surface area contributed by atoms with Gasteiger partial charge in [-0.3, -0.25) is 0 Å². The molecule has 0 amide bonds. The summed E-state index contributed by atoms with van der Waals surface area (Å²) in [6, 6.07) is 1.32. The lowest BCUT2D eigenvalue weighted by atomic mass is 10.2. The Morgan fingerprint density at radius 2 is 1.67 bits per heavy atom. The maximum Gasteiger partial charge on any atom is 0.211 e. The number of rotatable bonds is 12. The molecule has 6 nitrogen and oxygen atoms in total. The van der Waals surface area contributed by atoms with E-state index < -0.39 is 20.1 Å². The molecule has 0 bridgehead atoms. The molecule has 0 aliphatic heterocycles.